The van der Waals surface area contributed by atoms with E-state index in [0.717, 1.165) is 11.4 Å². The molecule has 0 bridgehead atoms. The minimum atomic E-state index is -4.05. The van der Waals surface area contributed by atoms with Crippen molar-refractivity contribution in [3.63, 3.8) is 0 Å². The molecule has 1 aromatic carbocycles. The van der Waals surface area contributed by atoms with Gasteiger partial charge >= 0.3 is 0 Å². The van der Waals surface area contributed by atoms with Crippen molar-refractivity contribution in [1.82, 2.24) is 4.31 Å². The molecule has 0 N–H and O–H groups in total. The fraction of sp³-hybridized carbons (Fsp3) is 0.333. The van der Waals surface area contributed by atoms with Crippen LogP contribution < -0.4 is 0 Å². The van der Waals surface area contributed by atoms with Gasteiger partial charge in [-0.2, -0.15) is 8.42 Å². The lowest BCUT2D eigenvalue weighted by Gasteiger charge is -2.14. The average molecular weight is 279 g/mol. The van der Waals surface area contributed by atoms with Crippen LogP contribution in [0.3, 0.4) is 0 Å². The van der Waals surface area contributed by atoms with Gasteiger partial charge in [0.2, 0.25) is 10.0 Å². The number of nitrogens with zero attached hydrogens (tertiary/aromatic N) is 1. The van der Waals surface area contributed by atoms with Crippen LogP contribution in [-0.4, -0.2) is 42.3 Å². The molecular weight excluding hydrogens is 266 g/mol. The fourth-order valence-corrected chi connectivity index (χ4v) is 3.48. The molecule has 1 aromatic rings. The second kappa shape index (κ2) is 4.73. The standard InChI is InChI=1S/C9H13NO5S2/c1-10(2)16(11,12)8-6-4-5-7-9(8)17(13,14)15-3/h4-7H,1-3H3. The second-order valence-electron chi connectivity index (χ2n) is 3.35. The van der Waals surface area contributed by atoms with E-state index in [2.05, 4.69) is 4.18 Å². The van der Waals surface area contributed by atoms with Crippen LogP contribution in [0.25, 0.3) is 0 Å². The first-order chi connectivity index (χ1) is 7.73. The molecule has 0 saturated heterocycles. The Kier molecular flexibility index (Phi) is 3.92. The highest BCUT2D eigenvalue weighted by molar-refractivity contribution is 7.91. The maximum absolute atomic E-state index is 11.9. The van der Waals surface area contributed by atoms with E-state index in [4.69, 9.17) is 0 Å². The normalized spacial score (nSPS) is 12.9. The molecule has 0 aliphatic carbocycles. The topological polar surface area (TPSA) is 80.8 Å². The smallest absolute Gasteiger partial charge is 0.270 e. The summed E-state index contributed by atoms with van der Waals surface area (Å²) >= 11 is 0. The maximum Gasteiger partial charge on any atom is 0.298 e. The number of benzene rings is 1. The average Bonchev–Trinajstić information content (AvgIpc) is 2.29. The summed E-state index contributed by atoms with van der Waals surface area (Å²) in [4.78, 5) is -0.664. The Bertz CT molecular complexity index is 604. The number of rotatable bonds is 4. The maximum atomic E-state index is 11.9. The summed E-state index contributed by atoms with van der Waals surface area (Å²) in [5.41, 5.74) is 0. The lowest BCUT2D eigenvalue weighted by atomic mass is 10.4. The molecule has 8 heteroatoms. The van der Waals surface area contributed by atoms with Crippen LogP contribution in [0.15, 0.2) is 34.1 Å². The molecule has 0 aliphatic rings. The molecule has 0 aromatic heterocycles. The predicted molar refractivity (Wildman–Crippen MR) is 61.5 cm³/mol. The molecule has 0 heterocycles. The molecule has 0 spiro atoms. The highest BCUT2D eigenvalue weighted by Gasteiger charge is 2.27. The van der Waals surface area contributed by atoms with E-state index in [-0.39, 0.29) is 9.79 Å². The van der Waals surface area contributed by atoms with E-state index in [1.807, 2.05) is 0 Å². The summed E-state index contributed by atoms with van der Waals surface area (Å²) in [5.74, 6) is 0. The second-order valence-corrected chi connectivity index (χ2v) is 7.16. The highest BCUT2D eigenvalue weighted by atomic mass is 32.2. The third-order valence-electron chi connectivity index (χ3n) is 2.10. The van der Waals surface area contributed by atoms with Gasteiger partial charge in [-0.15, -0.1) is 0 Å². The molecule has 96 valence electrons. The first-order valence-corrected chi connectivity index (χ1v) is 7.40. The molecule has 0 atom stereocenters. The Morgan fingerprint density at radius 2 is 1.47 bits per heavy atom. The lowest BCUT2D eigenvalue weighted by molar-refractivity contribution is 0.395. The van der Waals surface area contributed by atoms with Crippen molar-refractivity contribution in [1.29, 1.82) is 0 Å². The van der Waals surface area contributed by atoms with Crippen molar-refractivity contribution in [2.24, 2.45) is 0 Å². The molecule has 1 rings (SSSR count). The van der Waals surface area contributed by atoms with Gasteiger partial charge in [0.15, 0.2) is 0 Å². The zero-order valence-corrected chi connectivity index (χ0v) is 11.2. The number of hydrogen-bond acceptors (Lipinski definition) is 5. The summed E-state index contributed by atoms with van der Waals surface area (Å²) in [6.07, 6.45) is 0. The van der Waals surface area contributed by atoms with Gasteiger partial charge in [-0.1, -0.05) is 12.1 Å². The van der Waals surface area contributed by atoms with Crippen LogP contribution in [0.1, 0.15) is 0 Å². The summed E-state index contributed by atoms with van der Waals surface area (Å²) in [7, 11) is -4.25. The van der Waals surface area contributed by atoms with Gasteiger partial charge in [0.1, 0.15) is 9.79 Å². The van der Waals surface area contributed by atoms with Gasteiger partial charge in [0.25, 0.3) is 10.1 Å². The van der Waals surface area contributed by atoms with Crippen molar-refractivity contribution >= 4 is 20.1 Å². The molecule has 0 aliphatic heterocycles. The fourth-order valence-electron chi connectivity index (χ4n) is 1.16. The van der Waals surface area contributed by atoms with Crippen LogP contribution in [0.2, 0.25) is 0 Å². The highest BCUT2D eigenvalue weighted by Crippen LogP contribution is 2.23. The van der Waals surface area contributed by atoms with Crippen LogP contribution in [0, 0.1) is 0 Å². The van der Waals surface area contributed by atoms with Crippen molar-refractivity contribution in [3.8, 4) is 0 Å². The van der Waals surface area contributed by atoms with Crippen LogP contribution in [0.4, 0.5) is 0 Å². The summed E-state index contributed by atoms with van der Waals surface area (Å²) < 4.78 is 52.3. The third kappa shape index (κ3) is 2.65. The molecule has 0 fully saturated rings. The predicted octanol–water partition coefficient (Wildman–Crippen LogP) is 0.272. The van der Waals surface area contributed by atoms with Crippen molar-refractivity contribution in [2.45, 2.75) is 9.79 Å². The van der Waals surface area contributed by atoms with E-state index in [0.29, 0.717) is 0 Å². The zero-order valence-electron chi connectivity index (χ0n) is 9.61. The van der Waals surface area contributed by atoms with E-state index < -0.39 is 20.1 Å². The van der Waals surface area contributed by atoms with Gasteiger partial charge in [0.05, 0.1) is 7.11 Å². The first-order valence-electron chi connectivity index (χ1n) is 4.55. The van der Waals surface area contributed by atoms with Gasteiger partial charge in [-0.25, -0.2) is 12.7 Å². The number of sulfonamides is 1. The minimum absolute atomic E-state index is 0.299. The van der Waals surface area contributed by atoms with E-state index >= 15 is 0 Å². The van der Waals surface area contributed by atoms with Gasteiger partial charge in [-0.3, -0.25) is 4.18 Å². The Labute approximate surface area is 101 Å². The monoisotopic (exact) mass is 279 g/mol. The molecule has 0 radical (unpaired) electrons. The van der Waals surface area contributed by atoms with Gasteiger partial charge in [-0.05, 0) is 12.1 Å². The Balaban J connectivity index is 3.59. The van der Waals surface area contributed by atoms with Crippen LogP contribution in [-0.2, 0) is 24.3 Å². The largest absolute Gasteiger partial charge is 0.298 e. The van der Waals surface area contributed by atoms with E-state index in [9.17, 15) is 16.8 Å². The van der Waals surface area contributed by atoms with Gasteiger partial charge < -0.3 is 0 Å². The van der Waals surface area contributed by atoms with Gasteiger partial charge in [0, 0.05) is 14.1 Å². The molecule has 0 saturated carbocycles. The van der Waals surface area contributed by atoms with E-state index in [1.165, 1.54) is 38.4 Å². The van der Waals surface area contributed by atoms with Crippen molar-refractivity contribution in [3.05, 3.63) is 24.3 Å². The quantitative estimate of drug-likeness (QED) is 0.739. The van der Waals surface area contributed by atoms with E-state index in [1.54, 1.807) is 0 Å². The van der Waals surface area contributed by atoms with Crippen LogP contribution >= 0.6 is 0 Å². The lowest BCUT2D eigenvalue weighted by Crippen LogP contribution is -2.24. The van der Waals surface area contributed by atoms with Crippen molar-refractivity contribution < 1.29 is 21.0 Å². The first kappa shape index (κ1) is 14.1. The SMILES string of the molecule is COS(=O)(=O)c1ccccc1S(=O)(=O)N(C)C. The molecular formula is C9H13NO5S2. The van der Waals surface area contributed by atoms with Crippen LogP contribution in [0.5, 0.6) is 0 Å². The Morgan fingerprint density at radius 3 is 1.88 bits per heavy atom. The Morgan fingerprint density at radius 1 is 1.00 bits per heavy atom. The van der Waals surface area contributed by atoms with Crippen molar-refractivity contribution in [2.75, 3.05) is 21.2 Å². The minimum Gasteiger partial charge on any atom is -0.270 e. The summed E-state index contributed by atoms with van der Waals surface area (Å²) in [6, 6.07) is 5.29. The Hall–Kier alpha value is -0.960. The molecule has 6 nitrogen and oxygen atoms in total. The summed E-state index contributed by atoms with van der Waals surface area (Å²) in [6.45, 7) is 0. The number of hydrogen-bond donors (Lipinski definition) is 0. The zero-order chi connectivity index (χ0) is 13.3. The third-order valence-corrected chi connectivity index (χ3v) is 5.43. The molecule has 17 heavy (non-hydrogen) atoms. The summed E-state index contributed by atoms with van der Waals surface area (Å²) in [5, 5.41) is 0. The molecule has 0 amide bonds. The molecule has 0 unspecified atom stereocenters.